The van der Waals surface area contributed by atoms with Crippen molar-refractivity contribution in [1.82, 2.24) is 9.88 Å². The van der Waals surface area contributed by atoms with Crippen molar-refractivity contribution in [3.63, 3.8) is 0 Å². The molecule has 0 bridgehead atoms. The molecule has 2 aromatic rings. The summed E-state index contributed by atoms with van der Waals surface area (Å²) in [4.78, 5) is 6.21. The molecule has 0 spiro atoms. The Labute approximate surface area is 150 Å². The van der Waals surface area contributed by atoms with E-state index in [9.17, 15) is 8.42 Å². The van der Waals surface area contributed by atoms with E-state index in [4.69, 9.17) is 11.6 Å². The smallest absolute Gasteiger partial charge is 0.284 e. The van der Waals surface area contributed by atoms with Gasteiger partial charge in [-0.1, -0.05) is 47.1 Å². The number of rotatable bonds is 4. The lowest BCUT2D eigenvalue weighted by atomic mass is 10.2. The van der Waals surface area contributed by atoms with Crippen LogP contribution >= 0.6 is 23.4 Å². The highest BCUT2D eigenvalue weighted by Gasteiger charge is 2.23. The van der Waals surface area contributed by atoms with Gasteiger partial charge in [0, 0.05) is 25.0 Å². The van der Waals surface area contributed by atoms with Gasteiger partial charge < -0.3 is 4.90 Å². The molecular weight excluding hydrogens is 366 g/mol. The van der Waals surface area contributed by atoms with Crippen LogP contribution in [0.2, 0.25) is 5.15 Å². The monoisotopic (exact) mass is 381 g/mol. The SMILES string of the molecule is Cc1ccc(S(=O)(=O)/N=C2/SCCN2Cc2ccc(Cl)nc2)cc1. The summed E-state index contributed by atoms with van der Waals surface area (Å²) >= 11 is 7.24. The fraction of sp³-hybridized carbons (Fsp3) is 0.250. The van der Waals surface area contributed by atoms with E-state index in [1.54, 1.807) is 36.5 Å². The number of halogens is 1. The first kappa shape index (κ1) is 17.3. The highest BCUT2D eigenvalue weighted by molar-refractivity contribution is 8.14. The Bertz CT molecular complexity index is 850. The maximum Gasteiger partial charge on any atom is 0.284 e. The van der Waals surface area contributed by atoms with E-state index in [-0.39, 0.29) is 4.90 Å². The first-order valence-corrected chi connectivity index (χ1v) is 10.1. The van der Waals surface area contributed by atoms with Gasteiger partial charge >= 0.3 is 0 Å². The maximum absolute atomic E-state index is 12.5. The van der Waals surface area contributed by atoms with Gasteiger partial charge in [0.05, 0.1) is 4.90 Å². The molecule has 1 saturated heterocycles. The molecule has 8 heteroatoms. The van der Waals surface area contributed by atoms with Crippen LogP contribution in [0.1, 0.15) is 11.1 Å². The van der Waals surface area contributed by atoms with Gasteiger partial charge in [0.2, 0.25) is 0 Å². The highest BCUT2D eigenvalue weighted by atomic mass is 35.5. The molecule has 1 fully saturated rings. The average Bonchev–Trinajstić information content (AvgIpc) is 2.96. The Hall–Kier alpha value is -1.57. The summed E-state index contributed by atoms with van der Waals surface area (Å²) in [6.45, 7) is 3.21. The van der Waals surface area contributed by atoms with E-state index in [1.807, 2.05) is 17.9 Å². The third-order valence-electron chi connectivity index (χ3n) is 3.54. The van der Waals surface area contributed by atoms with Gasteiger partial charge in [0.1, 0.15) is 5.15 Å². The third-order valence-corrected chi connectivity index (χ3v) is 6.16. The number of nitrogens with zero attached hydrogens (tertiary/aromatic N) is 3. The normalized spacial score (nSPS) is 16.8. The van der Waals surface area contributed by atoms with Crippen LogP contribution in [-0.2, 0) is 16.6 Å². The number of sulfonamides is 1. The number of amidine groups is 1. The van der Waals surface area contributed by atoms with E-state index >= 15 is 0 Å². The minimum absolute atomic E-state index is 0.209. The summed E-state index contributed by atoms with van der Waals surface area (Å²) in [5.74, 6) is 0.809. The van der Waals surface area contributed by atoms with Crippen LogP contribution in [-0.4, -0.2) is 35.8 Å². The molecule has 1 aromatic heterocycles. The second kappa shape index (κ2) is 7.13. The van der Waals surface area contributed by atoms with Crippen LogP contribution in [0.15, 0.2) is 51.9 Å². The second-order valence-corrected chi connectivity index (χ2v) is 8.47. The molecule has 1 aromatic carbocycles. The Morgan fingerprint density at radius 3 is 2.67 bits per heavy atom. The minimum Gasteiger partial charge on any atom is -0.345 e. The van der Waals surface area contributed by atoms with E-state index in [0.717, 1.165) is 23.4 Å². The van der Waals surface area contributed by atoms with Crippen molar-refractivity contribution in [2.75, 3.05) is 12.3 Å². The largest absolute Gasteiger partial charge is 0.345 e. The summed E-state index contributed by atoms with van der Waals surface area (Å²) < 4.78 is 29.0. The predicted octanol–water partition coefficient (Wildman–Crippen LogP) is 3.34. The number of aryl methyl sites for hydroxylation is 1. The molecule has 1 aliphatic heterocycles. The van der Waals surface area contributed by atoms with Crippen molar-refractivity contribution in [2.24, 2.45) is 4.40 Å². The Morgan fingerprint density at radius 1 is 1.25 bits per heavy atom. The Morgan fingerprint density at radius 2 is 2.00 bits per heavy atom. The molecule has 5 nitrogen and oxygen atoms in total. The van der Waals surface area contributed by atoms with Gasteiger partial charge in [0.15, 0.2) is 5.17 Å². The summed E-state index contributed by atoms with van der Waals surface area (Å²) in [6, 6.07) is 10.3. The lowest BCUT2D eigenvalue weighted by Gasteiger charge is -2.17. The van der Waals surface area contributed by atoms with Gasteiger partial charge in [-0.25, -0.2) is 4.98 Å². The summed E-state index contributed by atoms with van der Waals surface area (Å²) in [7, 11) is -3.70. The van der Waals surface area contributed by atoms with Crippen LogP contribution in [0.3, 0.4) is 0 Å². The number of hydrogen-bond donors (Lipinski definition) is 0. The van der Waals surface area contributed by atoms with Crippen molar-refractivity contribution in [3.05, 3.63) is 58.9 Å². The standard InChI is InChI=1S/C16H16ClN3O2S2/c1-12-2-5-14(6-3-12)24(21,22)19-16-20(8-9-23-16)11-13-4-7-15(17)18-10-13/h2-7,10H,8-9,11H2,1H3/b19-16+. The van der Waals surface area contributed by atoms with E-state index < -0.39 is 10.0 Å². The van der Waals surface area contributed by atoms with Gasteiger partial charge in [-0.2, -0.15) is 8.42 Å². The van der Waals surface area contributed by atoms with Gasteiger partial charge in [0.25, 0.3) is 10.0 Å². The number of thioether (sulfide) groups is 1. The first-order valence-electron chi connectivity index (χ1n) is 7.34. The molecule has 0 radical (unpaired) electrons. The van der Waals surface area contributed by atoms with Gasteiger partial charge in [-0.15, -0.1) is 4.40 Å². The molecule has 0 unspecified atom stereocenters. The van der Waals surface area contributed by atoms with Crippen molar-refractivity contribution in [3.8, 4) is 0 Å². The van der Waals surface area contributed by atoms with Crippen LogP contribution < -0.4 is 0 Å². The topological polar surface area (TPSA) is 62.6 Å². The van der Waals surface area contributed by atoms with Crippen LogP contribution in [0.4, 0.5) is 0 Å². The molecule has 0 N–H and O–H groups in total. The fourth-order valence-corrected chi connectivity index (χ4v) is 4.61. The third kappa shape index (κ3) is 4.09. The van der Waals surface area contributed by atoms with E-state index in [2.05, 4.69) is 9.38 Å². The predicted molar refractivity (Wildman–Crippen MR) is 97.9 cm³/mol. The first-order chi connectivity index (χ1) is 11.4. The zero-order valence-corrected chi connectivity index (χ0v) is 15.4. The zero-order valence-electron chi connectivity index (χ0n) is 13.0. The molecule has 24 heavy (non-hydrogen) atoms. The summed E-state index contributed by atoms with van der Waals surface area (Å²) in [6.07, 6.45) is 1.69. The average molecular weight is 382 g/mol. The van der Waals surface area contributed by atoms with Crippen molar-refractivity contribution < 1.29 is 8.42 Å². The number of benzene rings is 1. The van der Waals surface area contributed by atoms with Gasteiger partial charge in [-0.05, 0) is 30.7 Å². The summed E-state index contributed by atoms with van der Waals surface area (Å²) in [5, 5.41) is 0.955. The van der Waals surface area contributed by atoms with Gasteiger partial charge in [-0.3, -0.25) is 0 Å². The zero-order chi connectivity index (χ0) is 17.2. The van der Waals surface area contributed by atoms with Crippen LogP contribution in [0, 0.1) is 6.92 Å². The van der Waals surface area contributed by atoms with Crippen molar-refractivity contribution in [2.45, 2.75) is 18.4 Å². The molecule has 0 atom stereocenters. The molecule has 2 heterocycles. The molecule has 0 amide bonds. The highest BCUT2D eigenvalue weighted by Crippen LogP contribution is 2.24. The Balaban J connectivity index is 1.82. The summed E-state index contributed by atoms with van der Waals surface area (Å²) in [5.41, 5.74) is 1.97. The molecular formula is C16H16ClN3O2S2. The van der Waals surface area contributed by atoms with Crippen molar-refractivity contribution in [1.29, 1.82) is 0 Å². The van der Waals surface area contributed by atoms with E-state index in [1.165, 1.54) is 11.8 Å². The maximum atomic E-state index is 12.5. The minimum atomic E-state index is -3.70. The second-order valence-electron chi connectivity index (χ2n) is 5.42. The Kier molecular flexibility index (Phi) is 5.12. The number of aromatic nitrogens is 1. The van der Waals surface area contributed by atoms with Crippen LogP contribution in [0.25, 0.3) is 0 Å². The molecule has 0 aliphatic carbocycles. The molecule has 3 rings (SSSR count). The molecule has 1 aliphatic rings. The van der Waals surface area contributed by atoms with E-state index in [0.29, 0.717) is 16.9 Å². The number of pyridine rings is 1. The quantitative estimate of drug-likeness (QED) is 0.760. The molecule has 126 valence electrons. The lowest BCUT2D eigenvalue weighted by Crippen LogP contribution is -2.24. The van der Waals surface area contributed by atoms with Crippen molar-refractivity contribution >= 4 is 38.6 Å². The molecule has 0 saturated carbocycles. The van der Waals surface area contributed by atoms with Crippen LogP contribution in [0.5, 0.6) is 0 Å². The lowest BCUT2D eigenvalue weighted by molar-refractivity contribution is 0.456. The number of hydrogen-bond acceptors (Lipinski definition) is 4. The fourth-order valence-electron chi connectivity index (χ4n) is 2.25.